The molecule has 0 aromatic carbocycles. The van der Waals surface area contributed by atoms with Gasteiger partial charge in [0.2, 0.25) is 0 Å². The SMILES string of the molecule is CCN(CCO)CCCn1cc(N)ccc1=O. The number of aliphatic hydroxyl groups excluding tert-OH is 1. The van der Waals surface area contributed by atoms with E-state index >= 15 is 0 Å². The van der Waals surface area contributed by atoms with Gasteiger partial charge < -0.3 is 20.3 Å². The van der Waals surface area contributed by atoms with Gasteiger partial charge in [-0.05, 0) is 25.6 Å². The minimum atomic E-state index is -0.0237. The number of nitrogens with two attached hydrogens (primary N) is 1. The largest absolute Gasteiger partial charge is 0.398 e. The Balaban J connectivity index is 2.45. The van der Waals surface area contributed by atoms with Crippen molar-refractivity contribution in [3.05, 3.63) is 28.7 Å². The molecule has 0 aliphatic rings. The molecule has 0 amide bonds. The number of aromatic nitrogens is 1. The second-order valence-electron chi connectivity index (χ2n) is 4.01. The summed E-state index contributed by atoms with van der Waals surface area (Å²) < 4.78 is 1.63. The number of pyridine rings is 1. The van der Waals surface area contributed by atoms with Gasteiger partial charge in [0.25, 0.3) is 5.56 Å². The Morgan fingerprint density at radius 2 is 2.18 bits per heavy atom. The van der Waals surface area contributed by atoms with Crippen molar-refractivity contribution >= 4 is 5.69 Å². The van der Waals surface area contributed by atoms with Crippen LogP contribution in [0.3, 0.4) is 0 Å². The number of hydrogen-bond donors (Lipinski definition) is 2. The van der Waals surface area contributed by atoms with E-state index in [2.05, 4.69) is 11.8 Å². The molecular weight excluding hydrogens is 218 g/mol. The van der Waals surface area contributed by atoms with Gasteiger partial charge in [-0.3, -0.25) is 4.79 Å². The van der Waals surface area contributed by atoms with Crippen molar-refractivity contribution in [2.45, 2.75) is 19.9 Å². The lowest BCUT2D eigenvalue weighted by molar-refractivity contribution is 0.198. The maximum atomic E-state index is 11.5. The fraction of sp³-hybridized carbons (Fsp3) is 0.583. The molecule has 0 saturated heterocycles. The molecule has 5 nitrogen and oxygen atoms in total. The summed E-state index contributed by atoms with van der Waals surface area (Å²) >= 11 is 0. The van der Waals surface area contributed by atoms with Crippen LogP contribution in [0.15, 0.2) is 23.1 Å². The lowest BCUT2D eigenvalue weighted by atomic mass is 10.3. The smallest absolute Gasteiger partial charge is 0.250 e. The molecule has 5 heteroatoms. The Bertz CT molecular complexity index is 390. The van der Waals surface area contributed by atoms with Gasteiger partial charge in [0.15, 0.2) is 0 Å². The van der Waals surface area contributed by atoms with Crippen LogP contribution in [-0.4, -0.2) is 40.8 Å². The first-order valence-corrected chi connectivity index (χ1v) is 5.96. The van der Waals surface area contributed by atoms with Crippen LogP contribution >= 0.6 is 0 Å². The Kier molecular flexibility index (Phi) is 5.72. The summed E-state index contributed by atoms with van der Waals surface area (Å²) in [7, 11) is 0. The second kappa shape index (κ2) is 7.09. The predicted molar refractivity (Wildman–Crippen MR) is 68.9 cm³/mol. The molecule has 0 atom stereocenters. The third-order valence-electron chi connectivity index (χ3n) is 2.74. The quantitative estimate of drug-likeness (QED) is 0.709. The standard InChI is InChI=1S/C12H21N3O2/c1-2-14(8-9-16)6-3-7-15-10-11(13)4-5-12(15)17/h4-5,10,16H,2-3,6-9,13H2,1H3. The van der Waals surface area contributed by atoms with Crippen molar-refractivity contribution in [1.29, 1.82) is 0 Å². The van der Waals surface area contributed by atoms with E-state index in [1.807, 2.05) is 0 Å². The number of aryl methyl sites for hydroxylation is 1. The zero-order chi connectivity index (χ0) is 12.7. The van der Waals surface area contributed by atoms with Crippen molar-refractivity contribution in [1.82, 2.24) is 9.47 Å². The Hall–Kier alpha value is -1.33. The fourth-order valence-corrected chi connectivity index (χ4v) is 1.76. The van der Waals surface area contributed by atoms with E-state index in [4.69, 9.17) is 10.8 Å². The summed E-state index contributed by atoms with van der Waals surface area (Å²) in [4.78, 5) is 13.6. The molecule has 96 valence electrons. The Morgan fingerprint density at radius 3 is 2.82 bits per heavy atom. The summed E-state index contributed by atoms with van der Waals surface area (Å²) in [5, 5.41) is 8.85. The molecular formula is C12H21N3O2. The van der Waals surface area contributed by atoms with E-state index in [0.29, 0.717) is 18.8 Å². The molecule has 0 radical (unpaired) electrons. The topological polar surface area (TPSA) is 71.5 Å². The number of nitrogen functional groups attached to an aromatic ring is 1. The van der Waals surface area contributed by atoms with Crippen molar-refractivity contribution in [2.75, 3.05) is 32.0 Å². The first kappa shape index (κ1) is 13.7. The highest BCUT2D eigenvalue weighted by molar-refractivity contribution is 5.33. The van der Waals surface area contributed by atoms with Crippen LogP contribution in [0.2, 0.25) is 0 Å². The molecule has 1 heterocycles. The third-order valence-corrected chi connectivity index (χ3v) is 2.74. The number of hydrogen-bond acceptors (Lipinski definition) is 4. The number of likely N-dealkylation sites (N-methyl/N-ethyl adjacent to an activating group) is 1. The number of aliphatic hydroxyl groups is 1. The lowest BCUT2D eigenvalue weighted by Gasteiger charge is -2.19. The maximum Gasteiger partial charge on any atom is 0.250 e. The number of anilines is 1. The average molecular weight is 239 g/mol. The highest BCUT2D eigenvalue weighted by Crippen LogP contribution is 1.98. The van der Waals surface area contributed by atoms with Crippen LogP contribution in [0.4, 0.5) is 5.69 Å². The van der Waals surface area contributed by atoms with Crippen molar-refractivity contribution in [3.63, 3.8) is 0 Å². The minimum Gasteiger partial charge on any atom is -0.398 e. The molecule has 1 rings (SSSR count). The van der Waals surface area contributed by atoms with Crippen molar-refractivity contribution < 1.29 is 5.11 Å². The van der Waals surface area contributed by atoms with Crippen molar-refractivity contribution in [3.8, 4) is 0 Å². The van der Waals surface area contributed by atoms with E-state index in [0.717, 1.165) is 19.5 Å². The highest BCUT2D eigenvalue weighted by Gasteiger charge is 2.02. The summed E-state index contributed by atoms with van der Waals surface area (Å²) in [6.07, 6.45) is 2.54. The van der Waals surface area contributed by atoms with E-state index in [1.165, 1.54) is 6.07 Å². The van der Waals surface area contributed by atoms with Crippen LogP contribution in [0.5, 0.6) is 0 Å². The fourth-order valence-electron chi connectivity index (χ4n) is 1.76. The molecule has 0 bridgehead atoms. The molecule has 17 heavy (non-hydrogen) atoms. The first-order valence-electron chi connectivity index (χ1n) is 5.96. The monoisotopic (exact) mass is 239 g/mol. The number of rotatable bonds is 7. The first-order chi connectivity index (χ1) is 8.17. The molecule has 0 spiro atoms. The molecule has 1 aromatic rings. The van der Waals surface area contributed by atoms with Crippen LogP contribution in [0, 0.1) is 0 Å². The van der Waals surface area contributed by atoms with E-state index in [9.17, 15) is 4.79 Å². The van der Waals surface area contributed by atoms with Gasteiger partial charge in [0, 0.05) is 31.0 Å². The Morgan fingerprint density at radius 1 is 1.41 bits per heavy atom. The Labute approximate surface area is 101 Å². The van der Waals surface area contributed by atoms with Crippen LogP contribution in [0.1, 0.15) is 13.3 Å². The second-order valence-corrected chi connectivity index (χ2v) is 4.01. The van der Waals surface area contributed by atoms with Crippen LogP contribution in [-0.2, 0) is 6.54 Å². The molecule has 0 aliphatic heterocycles. The molecule has 0 fully saturated rings. The predicted octanol–water partition coefficient (Wildman–Crippen LogP) is 0.135. The summed E-state index contributed by atoms with van der Waals surface area (Å²) in [5.41, 5.74) is 6.21. The molecule has 1 aromatic heterocycles. The summed E-state index contributed by atoms with van der Waals surface area (Å²) in [5.74, 6) is 0. The summed E-state index contributed by atoms with van der Waals surface area (Å²) in [6, 6.07) is 3.10. The molecule has 0 aliphatic carbocycles. The van der Waals surface area contributed by atoms with Gasteiger partial charge in [-0.1, -0.05) is 6.92 Å². The zero-order valence-corrected chi connectivity index (χ0v) is 10.3. The van der Waals surface area contributed by atoms with Crippen molar-refractivity contribution in [2.24, 2.45) is 0 Å². The minimum absolute atomic E-state index is 0.0237. The van der Waals surface area contributed by atoms with E-state index in [1.54, 1.807) is 16.8 Å². The van der Waals surface area contributed by atoms with Gasteiger partial charge in [-0.25, -0.2) is 0 Å². The molecule has 0 saturated carbocycles. The van der Waals surface area contributed by atoms with Gasteiger partial charge in [0.05, 0.1) is 6.61 Å². The third kappa shape index (κ3) is 4.58. The van der Waals surface area contributed by atoms with E-state index < -0.39 is 0 Å². The van der Waals surface area contributed by atoms with Gasteiger partial charge in [0.1, 0.15) is 0 Å². The van der Waals surface area contributed by atoms with E-state index in [-0.39, 0.29) is 12.2 Å². The highest BCUT2D eigenvalue weighted by atomic mass is 16.3. The van der Waals surface area contributed by atoms with Gasteiger partial charge in [-0.15, -0.1) is 0 Å². The van der Waals surface area contributed by atoms with Crippen LogP contribution < -0.4 is 11.3 Å². The number of nitrogens with zero attached hydrogens (tertiary/aromatic N) is 2. The normalized spacial score (nSPS) is 11.0. The summed E-state index contributed by atoms with van der Waals surface area (Å²) in [6.45, 7) is 5.35. The average Bonchev–Trinajstić information content (AvgIpc) is 2.32. The lowest BCUT2D eigenvalue weighted by Crippen LogP contribution is -2.29. The zero-order valence-electron chi connectivity index (χ0n) is 10.3. The van der Waals surface area contributed by atoms with Gasteiger partial charge >= 0.3 is 0 Å². The molecule has 0 unspecified atom stereocenters. The molecule has 3 N–H and O–H groups in total. The van der Waals surface area contributed by atoms with Crippen LogP contribution in [0.25, 0.3) is 0 Å². The van der Waals surface area contributed by atoms with Gasteiger partial charge in [-0.2, -0.15) is 0 Å². The maximum absolute atomic E-state index is 11.5.